The minimum absolute atomic E-state index is 0.111. The van der Waals surface area contributed by atoms with Crippen LogP contribution in [0.5, 0.6) is 0 Å². The number of ether oxygens (including phenoxy) is 1. The fourth-order valence-corrected chi connectivity index (χ4v) is 3.10. The van der Waals surface area contributed by atoms with Crippen LogP contribution < -0.4 is 5.32 Å². The molecule has 1 aromatic carbocycles. The van der Waals surface area contributed by atoms with Gasteiger partial charge in [-0.15, -0.1) is 0 Å². The quantitative estimate of drug-likeness (QED) is 0.727. The molecule has 2 N–H and O–H groups in total. The number of hydrogen-bond acceptors (Lipinski definition) is 6. The topological polar surface area (TPSA) is 106 Å². The van der Waals surface area contributed by atoms with Crippen molar-refractivity contribution in [2.45, 2.75) is 18.9 Å². The van der Waals surface area contributed by atoms with E-state index in [1.54, 1.807) is 7.11 Å². The summed E-state index contributed by atoms with van der Waals surface area (Å²) in [7, 11) is 1.54. The second kappa shape index (κ2) is 6.89. The minimum Gasteiger partial charge on any atom is -0.375 e. The SMILES string of the molecule is COCc1nc(-c2nc3c([nH]2)CC(c2ccc(Cl)cc2)CNC3=O)no1. The lowest BCUT2D eigenvalue weighted by molar-refractivity contribution is 0.0950. The van der Waals surface area contributed by atoms with Gasteiger partial charge in [-0.25, -0.2) is 4.98 Å². The van der Waals surface area contributed by atoms with Crippen molar-refractivity contribution in [3.05, 3.63) is 52.1 Å². The smallest absolute Gasteiger partial charge is 0.271 e. The molecule has 0 radical (unpaired) electrons. The summed E-state index contributed by atoms with van der Waals surface area (Å²) in [5.74, 6) is 0.922. The molecule has 1 unspecified atom stereocenters. The Hall–Kier alpha value is -2.71. The zero-order valence-corrected chi connectivity index (χ0v) is 14.7. The van der Waals surface area contributed by atoms with Crippen LogP contribution in [-0.4, -0.2) is 39.7 Å². The van der Waals surface area contributed by atoms with E-state index in [0.717, 1.165) is 11.3 Å². The van der Waals surface area contributed by atoms with Gasteiger partial charge in [0.1, 0.15) is 12.3 Å². The van der Waals surface area contributed by atoms with Gasteiger partial charge in [-0.2, -0.15) is 4.98 Å². The number of carbonyl (C=O) groups is 1. The van der Waals surface area contributed by atoms with Crippen LogP contribution in [0.4, 0.5) is 0 Å². The number of hydrogen-bond donors (Lipinski definition) is 2. The number of aromatic nitrogens is 4. The number of rotatable bonds is 4. The first-order valence-corrected chi connectivity index (χ1v) is 8.46. The Morgan fingerprint density at radius 1 is 1.31 bits per heavy atom. The molecule has 1 aliphatic rings. The lowest BCUT2D eigenvalue weighted by atomic mass is 9.94. The van der Waals surface area contributed by atoms with Crippen molar-refractivity contribution in [1.29, 1.82) is 0 Å². The molecule has 2 aromatic heterocycles. The largest absolute Gasteiger partial charge is 0.375 e. The summed E-state index contributed by atoms with van der Waals surface area (Å²) in [6.45, 7) is 0.743. The van der Waals surface area contributed by atoms with Gasteiger partial charge in [0.2, 0.25) is 5.82 Å². The molecular formula is C17H16ClN5O3. The molecule has 1 aliphatic heterocycles. The zero-order valence-electron chi connectivity index (χ0n) is 14.0. The molecule has 1 atom stereocenters. The van der Waals surface area contributed by atoms with Crippen LogP contribution in [0.25, 0.3) is 11.6 Å². The van der Waals surface area contributed by atoms with Crippen LogP contribution in [0.2, 0.25) is 5.02 Å². The first kappa shape index (κ1) is 16.7. The number of nitrogens with one attached hydrogen (secondary N) is 2. The average molecular weight is 374 g/mol. The Labute approximate surface area is 153 Å². The third-order valence-electron chi connectivity index (χ3n) is 4.24. The third kappa shape index (κ3) is 3.21. The molecule has 134 valence electrons. The number of benzene rings is 1. The van der Waals surface area contributed by atoms with Crippen LogP contribution in [0.1, 0.15) is 33.6 Å². The van der Waals surface area contributed by atoms with E-state index in [0.29, 0.717) is 41.2 Å². The number of methoxy groups -OCH3 is 1. The predicted molar refractivity (Wildman–Crippen MR) is 92.8 cm³/mol. The molecule has 1 amide bonds. The molecule has 3 heterocycles. The van der Waals surface area contributed by atoms with Gasteiger partial charge in [-0.3, -0.25) is 4.79 Å². The van der Waals surface area contributed by atoms with E-state index in [9.17, 15) is 4.79 Å². The predicted octanol–water partition coefficient (Wildman–Crippen LogP) is 2.33. The van der Waals surface area contributed by atoms with Gasteiger partial charge in [0.15, 0.2) is 5.82 Å². The molecule has 0 saturated carbocycles. The summed E-state index contributed by atoms with van der Waals surface area (Å²) in [6, 6.07) is 7.63. The highest BCUT2D eigenvalue weighted by molar-refractivity contribution is 6.30. The van der Waals surface area contributed by atoms with Gasteiger partial charge in [-0.05, 0) is 24.1 Å². The van der Waals surface area contributed by atoms with Crippen LogP contribution in [0.15, 0.2) is 28.8 Å². The Balaban J connectivity index is 1.64. The molecule has 8 nitrogen and oxygen atoms in total. The summed E-state index contributed by atoms with van der Waals surface area (Å²) >= 11 is 5.97. The average Bonchev–Trinajstić information content (AvgIpc) is 3.23. The lowest BCUT2D eigenvalue weighted by Gasteiger charge is -2.14. The van der Waals surface area contributed by atoms with E-state index < -0.39 is 0 Å². The Morgan fingerprint density at radius 3 is 2.88 bits per heavy atom. The molecule has 0 spiro atoms. The van der Waals surface area contributed by atoms with E-state index >= 15 is 0 Å². The number of amides is 1. The molecular weight excluding hydrogens is 358 g/mol. The molecule has 0 bridgehead atoms. The number of aromatic amines is 1. The van der Waals surface area contributed by atoms with Gasteiger partial charge in [0, 0.05) is 30.3 Å². The maximum atomic E-state index is 12.4. The minimum atomic E-state index is -0.223. The highest BCUT2D eigenvalue weighted by Crippen LogP contribution is 2.27. The highest BCUT2D eigenvalue weighted by atomic mass is 35.5. The fraction of sp³-hybridized carbons (Fsp3) is 0.294. The van der Waals surface area contributed by atoms with Gasteiger partial charge in [0.25, 0.3) is 11.8 Å². The second-order valence-corrected chi connectivity index (χ2v) is 6.46. The van der Waals surface area contributed by atoms with Gasteiger partial charge >= 0.3 is 0 Å². The zero-order chi connectivity index (χ0) is 18.1. The molecule has 3 aromatic rings. The fourth-order valence-electron chi connectivity index (χ4n) is 2.97. The monoisotopic (exact) mass is 373 g/mol. The maximum absolute atomic E-state index is 12.4. The van der Waals surface area contributed by atoms with Gasteiger partial charge < -0.3 is 19.6 Å². The van der Waals surface area contributed by atoms with Crippen molar-refractivity contribution in [3.8, 4) is 11.6 Å². The van der Waals surface area contributed by atoms with Crippen molar-refractivity contribution in [2.75, 3.05) is 13.7 Å². The number of fused-ring (bicyclic) bond motifs is 1. The van der Waals surface area contributed by atoms with Crippen molar-refractivity contribution in [1.82, 2.24) is 25.4 Å². The Kier molecular flexibility index (Phi) is 4.44. The Morgan fingerprint density at radius 2 is 2.12 bits per heavy atom. The van der Waals surface area contributed by atoms with E-state index in [2.05, 4.69) is 25.4 Å². The van der Waals surface area contributed by atoms with Crippen molar-refractivity contribution < 1.29 is 14.1 Å². The van der Waals surface area contributed by atoms with Crippen molar-refractivity contribution in [2.24, 2.45) is 0 Å². The number of nitrogens with zero attached hydrogens (tertiary/aromatic N) is 3. The number of carbonyl (C=O) groups excluding carboxylic acids is 1. The second-order valence-electron chi connectivity index (χ2n) is 6.02. The Bertz CT molecular complexity index is 934. The number of imidazole rings is 1. The summed E-state index contributed by atoms with van der Waals surface area (Å²) in [5, 5.41) is 7.47. The lowest BCUT2D eigenvalue weighted by Crippen LogP contribution is -2.26. The van der Waals surface area contributed by atoms with Crippen molar-refractivity contribution in [3.63, 3.8) is 0 Å². The molecule has 0 aliphatic carbocycles. The third-order valence-corrected chi connectivity index (χ3v) is 4.49. The van der Waals surface area contributed by atoms with Crippen molar-refractivity contribution >= 4 is 17.5 Å². The summed E-state index contributed by atoms with van der Waals surface area (Å²) in [4.78, 5) is 24.1. The number of H-pyrrole nitrogens is 1. The van der Waals surface area contributed by atoms with Gasteiger partial charge in [-0.1, -0.05) is 28.9 Å². The summed E-state index contributed by atoms with van der Waals surface area (Å²) < 4.78 is 10.0. The van der Waals surface area contributed by atoms with Crippen LogP contribution in [0, 0.1) is 0 Å². The first-order chi connectivity index (χ1) is 12.6. The maximum Gasteiger partial charge on any atom is 0.271 e. The molecule has 4 rings (SSSR count). The van der Waals surface area contributed by atoms with Crippen LogP contribution >= 0.6 is 11.6 Å². The van der Waals surface area contributed by atoms with Crippen LogP contribution in [0.3, 0.4) is 0 Å². The molecule has 0 saturated heterocycles. The standard InChI is InChI=1S/C17H16ClN5O3/c1-25-8-13-21-16(23-26-13)15-20-12-6-10(7-19-17(24)14(12)22-15)9-2-4-11(18)5-3-9/h2-5,10H,6-8H2,1H3,(H,19,24)(H,20,22). The van der Waals surface area contributed by atoms with Gasteiger partial charge in [0.05, 0.1) is 0 Å². The summed E-state index contributed by atoms with van der Waals surface area (Å²) in [5.41, 5.74) is 2.20. The molecule has 26 heavy (non-hydrogen) atoms. The molecule has 0 fully saturated rings. The van der Waals surface area contributed by atoms with E-state index in [1.807, 2.05) is 24.3 Å². The van der Waals surface area contributed by atoms with Crippen LogP contribution in [-0.2, 0) is 17.8 Å². The number of halogens is 1. The first-order valence-electron chi connectivity index (χ1n) is 8.08. The normalized spacial score (nSPS) is 16.8. The van der Waals surface area contributed by atoms with E-state index in [1.165, 1.54) is 0 Å². The van der Waals surface area contributed by atoms with E-state index in [-0.39, 0.29) is 18.4 Å². The summed E-state index contributed by atoms with van der Waals surface area (Å²) in [6.07, 6.45) is 0.630. The molecule has 9 heteroatoms. The highest BCUT2D eigenvalue weighted by Gasteiger charge is 2.27. The van der Waals surface area contributed by atoms with E-state index in [4.69, 9.17) is 20.9 Å².